The van der Waals surface area contributed by atoms with Gasteiger partial charge in [-0.1, -0.05) is 36.0 Å². The van der Waals surface area contributed by atoms with Gasteiger partial charge in [-0.25, -0.2) is 0 Å². The van der Waals surface area contributed by atoms with E-state index < -0.39 is 0 Å². The van der Waals surface area contributed by atoms with Crippen molar-refractivity contribution in [3.63, 3.8) is 0 Å². The van der Waals surface area contributed by atoms with Crippen molar-refractivity contribution in [3.8, 4) is 5.75 Å². The van der Waals surface area contributed by atoms with E-state index >= 15 is 0 Å². The van der Waals surface area contributed by atoms with Crippen LogP contribution in [-0.4, -0.2) is 11.6 Å². The lowest BCUT2D eigenvalue weighted by Gasteiger charge is -2.15. The van der Waals surface area contributed by atoms with Crippen molar-refractivity contribution < 1.29 is 4.74 Å². The Kier molecular flexibility index (Phi) is 3.36. The summed E-state index contributed by atoms with van der Waals surface area (Å²) in [5.74, 6) is 0.735. The van der Waals surface area contributed by atoms with E-state index in [0.717, 1.165) is 25.0 Å². The fourth-order valence-corrected chi connectivity index (χ4v) is 2.21. The fourth-order valence-electron chi connectivity index (χ4n) is 1.71. The van der Waals surface area contributed by atoms with E-state index in [2.05, 4.69) is 0 Å². The first-order valence-electron chi connectivity index (χ1n) is 5.27. The molecule has 86 valence electrons. The van der Waals surface area contributed by atoms with Crippen LogP contribution in [0.25, 0.3) is 0 Å². The number of rotatable bonds is 5. The summed E-state index contributed by atoms with van der Waals surface area (Å²) in [5, 5.41) is 0.647. The zero-order valence-corrected chi connectivity index (χ0v) is 10.5. The molecule has 0 radical (unpaired) electrons. The van der Waals surface area contributed by atoms with Crippen molar-refractivity contribution in [1.29, 1.82) is 0 Å². The van der Waals surface area contributed by atoms with Crippen molar-refractivity contribution >= 4 is 28.8 Å². The van der Waals surface area contributed by atoms with Gasteiger partial charge in [0.15, 0.2) is 0 Å². The molecule has 1 fully saturated rings. The quantitative estimate of drug-likeness (QED) is 0.821. The highest BCUT2D eigenvalue weighted by atomic mass is 35.5. The predicted molar refractivity (Wildman–Crippen MR) is 70.0 cm³/mol. The SMILES string of the molecule is NC(=S)CC1(COc2ccccc2Cl)CC1. The van der Waals surface area contributed by atoms with Crippen LogP contribution in [0.1, 0.15) is 19.3 Å². The van der Waals surface area contributed by atoms with Crippen LogP contribution < -0.4 is 10.5 Å². The molecule has 0 atom stereocenters. The van der Waals surface area contributed by atoms with Crippen molar-refractivity contribution in [2.45, 2.75) is 19.3 Å². The molecule has 2 nitrogen and oxygen atoms in total. The maximum absolute atomic E-state index is 6.00. The van der Waals surface area contributed by atoms with E-state index in [4.69, 9.17) is 34.3 Å². The van der Waals surface area contributed by atoms with Gasteiger partial charge in [0.2, 0.25) is 0 Å². The average Bonchev–Trinajstić information content (AvgIpc) is 2.96. The highest BCUT2D eigenvalue weighted by molar-refractivity contribution is 7.80. The average molecular weight is 256 g/mol. The van der Waals surface area contributed by atoms with Gasteiger partial charge in [0, 0.05) is 11.8 Å². The standard InChI is InChI=1S/C12H14ClNOS/c13-9-3-1-2-4-10(9)15-8-12(5-6-12)7-11(14)16/h1-4H,5-8H2,(H2,14,16). The molecule has 0 aliphatic heterocycles. The van der Waals surface area contributed by atoms with Gasteiger partial charge >= 0.3 is 0 Å². The first-order valence-corrected chi connectivity index (χ1v) is 6.06. The second kappa shape index (κ2) is 4.60. The minimum atomic E-state index is 0.172. The molecule has 4 heteroatoms. The third-order valence-corrected chi connectivity index (χ3v) is 3.33. The number of thiocarbonyl (C=S) groups is 1. The molecule has 2 rings (SSSR count). The van der Waals surface area contributed by atoms with E-state index in [-0.39, 0.29) is 5.41 Å². The molecule has 2 N–H and O–H groups in total. The van der Waals surface area contributed by atoms with Crippen LogP contribution in [0.15, 0.2) is 24.3 Å². The van der Waals surface area contributed by atoms with E-state index in [1.807, 2.05) is 24.3 Å². The van der Waals surface area contributed by atoms with Crippen molar-refractivity contribution in [2.75, 3.05) is 6.61 Å². The van der Waals surface area contributed by atoms with Crippen LogP contribution in [0, 0.1) is 5.41 Å². The first kappa shape index (κ1) is 11.7. The third kappa shape index (κ3) is 2.86. The summed E-state index contributed by atoms with van der Waals surface area (Å²) in [4.78, 5) is 0.570. The zero-order chi connectivity index (χ0) is 11.6. The molecule has 1 aromatic rings. The van der Waals surface area contributed by atoms with Gasteiger partial charge in [0.05, 0.1) is 16.6 Å². The number of para-hydroxylation sites is 1. The number of halogens is 1. The highest BCUT2D eigenvalue weighted by Crippen LogP contribution is 2.49. The maximum atomic E-state index is 6.00. The Bertz CT molecular complexity index is 404. The van der Waals surface area contributed by atoms with Crippen LogP contribution in [0.2, 0.25) is 5.02 Å². The summed E-state index contributed by atoms with van der Waals surface area (Å²) < 4.78 is 5.72. The number of hydrogen-bond acceptors (Lipinski definition) is 2. The smallest absolute Gasteiger partial charge is 0.137 e. The third-order valence-electron chi connectivity index (χ3n) is 2.88. The molecule has 0 aromatic heterocycles. The van der Waals surface area contributed by atoms with Gasteiger partial charge in [-0.2, -0.15) is 0 Å². The van der Waals surface area contributed by atoms with Crippen molar-refractivity contribution in [3.05, 3.63) is 29.3 Å². The van der Waals surface area contributed by atoms with E-state index in [1.54, 1.807) is 0 Å². The van der Waals surface area contributed by atoms with Crippen LogP contribution in [-0.2, 0) is 0 Å². The molecule has 1 aromatic carbocycles. The van der Waals surface area contributed by atoms with Gasteiger partial charge in [0.1, 0.15) is 5.75 Å². The molecule has 0 amide bonds. The predicted octanol–water partition coefficient (Wildman–Crippen LogP) is 3.18. The number of hydrogen-bond donors (Lipinski definition) is 1. The van der Waals surface area contributed by atoms with Gasteiger partial charge in [-0.05, 0) is 25.0 Å². The fraction of sp³-hybridized carbons (Fsp3) is 0.417. The summed E-state index contributed by atoms with van der Waals surface area (Å²) >= 11 is 10.9. The Morgan fingerprint density at radius 1 is 1.44 bits per heavy atom. The van der Waals surface area contributed by atoms with Gasteiger partial charge in [-0.15, -0.1) is 0 Å². The zero-order valence-electron chi connectivity index (χ0n) is 8.91. The molecule has 1 aliphatic carbocycles. The summed E-state index contributed by atoms with van der Waals surface area (Å²) in [6.07, 6.45) is 3.04. The molecule has 0 bridgehead atoms. The molecular weight excluding hydrogens is 242 g/mol. The van der Waals surface area contributed by atoms with Gasteiger partial charge < -0.3 is 10.5 Å². The Balaban J connectivity index is 1.93. The topological polar surface area (TPSA) is 35.2 Å². The second-order valence-electron chi connectivity index (χ2n) is 4.36. The summed E-state index contributed by atoms with van der Waals surface area (Å²) in [5.41, 5.74) is 5.74. The molecule has 0 saturated heterocycles. The van der Waals surface area contributed by atoms with Gasteiger partial charge in [-0.3, -0.25) is 0 Å². The molecule has 16 heavy (non-hydrogen) atoms. The number of benzene rings is 1. The van der Waals surface area contributed by atoms with Crippen LogP contribution >= 0.6 is 23.8 Å². The van der Waals surface area contributed by atoms with Crippen molar-refractivity contribution in [1.82, 2.24) is 0 Å². The Morgan fingerprint density at radius 2 is 2.12 bits per heavy atom. The lowest BCUT2D eigenvalue weighted by molar-refractivity contribution is 0.239. The second-order valence-corrected chi connectivity index (χ2v) is 5.29. The monoisotopic (exact) mass is 255 g/mol. The molecular formula is C12H14ClNOS. The Hall–Kier alpha value is -0.800. The van der Waals surface area contributed by atoms with E-state index in [1.165, 1.54) is 0 Å². The minimum absolute atomic E-state index is 0.172. The largest absolute Gasteiger partial charge is 0.491 e. The summed E-state index contributed by atoms with van der Waals surface area (Å²) in [6, 6.07) is 7.49. The number of nitrogens with two attached hydrogens (primary N) is 1. The molecule has 1 saturated carbocycles. The van der Waals surface area contributed by atoms with Crippen LogP contribution in [0.3, 0.4) is 0 Å². The highest BCUT2D eigenvalue weighted by Gasteiger charge is 2.43. The lowest BCUT2D eigenvalue weighted by atomic mass is 10.0. The van der Waals surface area contributed by atoms with E-state index in [9.17, 15) is 0 Å². The maximum Gasteiger partial charge on any atom is 0.137 e. The normalized spacial score (nSPS) is 16.8. The van der Waals surface area contributed by atoms with Crippen LogP contribution in [0.5, 0.6) is 5.75 Å². The lowest BCUT2D eigenvalue weighted by Crippen LogP contribution is -2.21. The molecule has 0 heterocycles. The molecule has 1 aliphatic rings. The van der Waals surface area contributed by atoms with Crippen LogP contribution in [0.4, 0.5) is 0 Å². The minimum Gasteiger partial charge on any atom is -0.491 e. The van der Waals surface area contributed by atoms with E-state index in [0.29, 0.717) is 16.6 Å². The Morgan fingerprint density at radius 3 is 2.69 bits per heavy atom. The molecule has 0 spiro atoms. The Labute approximate surface area is 106 Å². The number of ether oxygens (including phenoxy) is 1. The first-order chi connectivity index (χ1) is 7.61. The summed E-state index contributed by atoms with van der Waals surface area (Å²) in [7, 11) is 0. The van der Waals surface area contributed by atoms with Gasteiger partial charge in [0.25, 0.3) is 0 Å². The molecule has 0 unspecified atom stereocenters. The van der Waals surface area contributed by atoms with Crippen molar-refractivity contribution in [2.24, 2.45) is 11.1 Å². The summed E-state index contributed by atoms with van der Waals surface area (Å²) in [6.45, 7) is 0.647.